The number of halogens is 1. The molecule has 114 valence electrons. The Bertz CT molecular complexity index is 527. The maximum atomic E-state index is 13.1. The van der Waals surface area contributed by atoms with Gasteiger partial charge in [-0.1, -0.05) is 6.07 Å². The van der Waals surface area contributed by atoms with Crippen molar-refractivity contribution >= 4 is 17.5 Å². The Hall–Kier alpha value is -1.95. The van der Waals surface area contributed by atoms with Crippen molar-refractivity contribution in [3.8, 4) is 0 Å². The predicted molar refractivity (Wildman–Crippen MR) is 78.3 cm³/mol. The number of likely N-dealkylation sites (N-methyl/N-ethyl adjacent to an activating group) is 1. The third kappa shape index (κ3) is 4.01. The molecule has 1 aromatic rings. The molecular weight excluding hydrogens is 273 g/mol. The van der Waals surface area contributed by atoms with Gasteiger partial charge < -0.3 is 15.1 Å². The van der Waals surface area contributed by atoms with Crippen LogP contribution in [-0.4, -0.2) is 54.8 Å². The molecule has 1 saturated heterocycles. The summed E-state index contributed by atoms with van der Waals surface area (Å²) in [6.07, 6.45) is 1.71. The minimum atomic E-state index is -0.734. The predicted octanol–water partition coefficient (Wildman–Crippen LogP) is 1.32. The lowest BCUT2D eigenvalue weighted by molar-refractivity contribution is -0.144. The Kier molecular flexibility index (Phi) is 4.90. The van der Waals surface area contributed by atoms with Gasteiger partial charge in [0.2, 0.25) is 0 Å². The molecule has 1 heterocycles. The van der Waals surface area contributed by atoms with Gasteiger partial charge in [0.15, 0.2) is 0 Å². The first kappa shape index (κ1) is 15.4. The van der Waals surface area contributed by atoms with Crippen LogP contribution in [0.5, 0.6) is 0 Å². The first-order chi connectivity index (χ1) is 9.97. The molecule has 0 saturated carbocycles. The SMILES string of the molecule is CN1CCC(N(C)C(=O)C(=O)Nc2cccc(F)c2)CC1. The summed E-state index contributed by atoms with van der Waals surface area (Å²) < 4.78 is 13.1. The fourth-order valence-corrected chi connectivity index (χ4v) is 2.46. The van der Waals surface area contributed by atoms with Crippen LogP contribution in [0.15, 0.2) is 24.3 Å². The van der Waals surface area contributed by atoms with Crippen molar-refractivity contribution in [3.63, 3.8) is 0 Å². The van der Waals surface area contributed by atoms with E-state index >= 15 is 0 Å². The normalized spacial score (nSPS) is 16.5. The molecule has 5 nitrogen and oxygen atoms in total. The minimum Gasteiger partial charge on any atom is -0.334 e. The number of carbonyl (C=O) groups excluding carboxylic acids is 2. The number of piperidine rings is 1. The average Bonchev–Trinajstić information content (AvgIpc) is 2.46. The lowest BCUT2D eigenvalue weighted by Crippen LogP contribution is -2.47. The van der Waals surface area contributed by atoms with E-state index in [-0.39, 0.29) is 11.7 Å². The maximum Gasteiger partial charge on any atom is 0.313 e. The minimum absolute atomic E-state index is 0.0759. The van der Waals surface area contributed by atoms with Gasteiger partial charge in [0.1, 0.15) is 5.82 Å². The molecule has 0 spiro atoms. The number of benzene rings is 1. The van der Waals surface area contributed by atoms with Crippen LogP contribution >= 0.6 is 0 Å². The molecule has 1 aliphatic heterocycles. The zero-order valence-electron chi connectivity index (χ0n) is 12.3. The van der Waals surface area contributed by atoms with Gasteiger partial charge in [0.25, 0.3) is 0 Å². The lowest BCUT2D eigenvalue weighted by atomic mass is 10.0. The van der Waals surface area contributed by atoms with Gasteiger partial charge in [-0.2, -0.15) is 0 Å². The Morgan fingerprint density at radius 2 is 2.00 bits per heavy atom. The standard InChI is InChI=1S/C15H20FN3O2/c1-18-8-6-13(7-9-18)19(2)15(21)14(20)17-12-5-3-4-11(16)10-12/h3-5,10,13H,6-9H2,1-2H3,(H,17,20). The van der Waals surface area contributed by atoms with E-state index in [0.717, 1.165) is 25.9 Å². The number of rotatable bonds is 2. The van der Waals surface area contributed by atoms with Gasteiger partial charge in [-0.15, -0.1) is 0 Å². The fourth-order valence-electron chi connectivity index (χ4n) is 2.46. The topological polar surface area (TPSA) is 52.7 Å². The van der Waals surface area contributed by atoms with Gasteiger partial charge in [0.05, 0.1) is 0 Å². The Labute approximate surface area is 123 Å². The number of hydrogen-bond donors (Lipinski definition) is 1. The second kappa shape index (κ2) is 6.67. The van der Waals surface area contributed by atoms with E-state index in [4.69, 9.17) is 0 Å². The van der Waals surface area contributed by atoms with Crippen molar-refractivity contribution in [2.24, 2.45) is 0 Å². The van der Waals surface area contributed by atoms with Crippen molar-refractivity contribution in [2.45, 2.75) is 18.9 Å². The molecule has 1 fully saturated rings. The quantitative estimate of drug-likeness (QED) is 0.837. The van der Waals surface area contributed by atoms with Crippen LogP contribution in [0.2, 0.25) is 0 Å². The molecule has 0 aromatic heterocycles. The fraction of sp³-hybridized carbons (Fsp3) is 0.467. The van der Waals surface area contributed by atoms with E-state index in [1.165, 1.54) is 23.1 Å². The molecule has 21 heavy (non-hydrogen) atoms. The molecule has 1 aromatic carbocycles. The van der Waals surface area contributed by atoms with E-state index in [0.29, 0.717) is 0 Å². The van der Waals surface area contributed by atoms with E-state index < -0.39 is 17.6 Å². The molecular formula is C15H20FN3O2. The number of carbonyl (C=O) groups is 2. The van der Waals surface area contributed by atoms with Crippen molar-refractivity contribution in [1.82, 2.24) is 9.80 Å². The molecule has 0 unspecified atom stereocenters. The Morgan fingerprint density at radius 3 is 2.62 bits per heavy atom. The average molecular weight is 293 g/mol. The van der Waals surface area contributed by atoms with Gasteiger partial charge in [-0.25, -0.2) is 4.39 Å². The summed E-state index contributed by atoms with van der Waals surface area (Å²) in [5.41, 5.74) is 0.283. The van der Waals surface area contributed by atoms with Crippen molar-refractivity contribution in [1.29, 1.82) is 0 Å². The Morgan fingerprint density at radius 1 is 1.33 bits per heavy atom. The smallest absolute Gasteiger partial charge is 0.313 e. The van der Waals surface area contributed by atoms with Crippen LogP contribution in [0.25, 0.3) is 0 Å². The molecule has 2 amide bonds. The number of hydrogen-bond acceptors (Lipinski definition) is 3. The first-order valence-corrected chi connectivity index (χ1v) is 6.99. The molecule has 1 N–H and O–H groups in total. The Balaban J connectivity index is 1.94. The van der Waals surface area contributed by atoms with Gasteiger partial charge in [0, 0.05) is 18.8 Å². The number of likely N-dealkylation sites (tertiary alicyclic amines) is 1. The zero-order chi connectivity index (χ0) is 15.4. The number of nitrogens with zero attached hydrogens (tertiary/aromatic N) is 2. The highest BCUT2D eigenvalue weighted by molar-refractivity contribution is 6.39. The highest BCUT2D eigenvalue weighted by Gasteiger charge is 2.27. The van der Waals surface area contributed by atoms with Crippen LogP contribution in [-0.2, 0) is 9.59 Å². The second-order valence-corrected chi connectivity index (χ2v) is 5.41. The highest BCUT2D eigenvalue weighted by atomic mass is 19.1. The third-order valence-electron chi connectivity index (χ3n) is 3.83. The zero-order valence-corrected chi connectivity index (χ0v) is 12.3. The molecule has 0 bridgehead atoms. The summed E-state index contributed by atoms with van der Waals surface area (Å²) in [6.45, 7) is 1.82. The molecule has 2 rings (SSSR count). The molecule has 1 aliphatic rings. The van der Waals surface area contributed by atoms with Crippen molar-refractivity contribution < 1.29 is 14.0 Å². The van der Waals surface area contributed by atoms with Crippen LogP contribution in [0, 0.1) is 5.82 Å². The van der Waals surface area contributed by atoms with Crippen LogP contribution in [0.3, 0.4) is 0 Å². The number of anilines is 1. The van der Waals surface area contributed by atoms with E-state index in [1.54, 1.807) is 13.1 Å². The molecule has 0 radical (unpaired) electrons. The maximum absolute atomic E-state index is 13.1. The van der Waals surface area contributed by atoms with Gasteiger partial charge in [-0.3, -0.25) is 9.59 Å². The lowest BCUT2D eigenvalue weighted by Gasteiger charge is -2.34. The summed E-state index contributed by atoms with van der Waals surface area (Å²) in [6, 6.07) is 5.56. The monoisotopic (exact) mass is 293 g/mol. The van der Waals surface area contributed by atoms with E-state index in [1.807, 2.05) is 7.05 Å². The third-order valence-corrected chi connectivity index (χ3v) is 3.83. The number of amides is 2. The first-order valence-electron chi connectivity index (χ1n) is 6.99. The summed E-state index contributed by atoms with van der Waals surface area (Å²) in [4.78, 5) is 27.7. The van der Waals surface area contributed by atoms with Crippen LogP contribution < -0.4 is 5.32 Å². The van der Waals surface area contributed by atoms with E-state index in [9.17, 15) is 14.0 Å². The molecule has 0 atom stereocenters. The van der Waals surface area contributed by atoms with Gasteiger partial charge in [-0.05, 0) is 51.2 Å². The van der Waals surface area contributed by atoms with Crippen LogP contribution in [0.4, 0.5) is 10.1 Å². The highest BCUT2D eigenvalue weighted by Crippen LogP contribution is 2.15. The summed E-state index contributed by atoms with van der Waals surface area (Å²) in [5.74, 6) is -1.78. The van der Waals surface area contributed by atoms with Gasteiger partial charge >= 0.3 is 11.8 Å². The molecule has 0 aliphatic carbocycles. The van der Waals surface area contributed by atoms with Crippen molar-refractivity contribution in [2.75, 3.05) is 32.5 Å². The second-order valence-electron chi connectivity index (χ2n) is 5.41. The number of nitrogens with one attached hydrogen (secondary N) is 1. The molecule has 6 heteroatoms. The summed E-state index contributed by atoms with van der Waals surface area (Å²) >= 11 is 0. The van der Waals surface area contributed by atoms with Crippen molar-refractivity contribution in [3.05, 3.63) is 30.1 Å². The van der Waals surface area contributed by atoms with E-state index in [2.05, 4.69) is 10.2 Å². The van der Waals surface area contributed by atoms with Crippen LogP contribution in [0.1, 0.15) is 12.8 Å². The summed E-state index contributed by atoms with van der Waals surface area (Å²) in [7, 11) is 3.68. The summed E-state index contributed by atoms with van der Waals surface area (Å²) in [5, 5.41) is 2.43. The largest absolute Gasteiger partial charge is 0.334 e.